The third-order valence-corrected chi connectivity index (χ3v) is 5.49. The molecule has 0 radical (unpaired) electrons. The Kier molecular flexibility index (Phi) is 6.14. The zero-order valence-electron chi connectivity index (χ0n) is 16.5. The van der Waals surface area contributed by atoms with Crippen LogP contribution in [0.25, 0.3) is 21.3 Å². The number of nitrogens with zero attached hydrogens (tertiary/aromatic N) is 2. The first kappa shape index (κ1) is 20.1. The highest BCUT2D eigenvalue weighted by Gasteiger charge is 2.22. The number of thiophene rings is 1. The van der Waals surface area contributed by atoms with Crippen LogP contribution in [0, 0.1) is 6.92 Å². The summed E-state index contributed by atoms with van der Waals surface area (Å²) in [4.78, 5) is 31.5. The van der Waals surface area contributed by atoms with E-state index in [4.69, 9.17) is 9.47 Å². The first-order chi connectivity index (χ1) is 13.5. The van der Waals surface area contributed by atoms with Gasteiger partial charge in [0.05, 0.1) is 24.9 Å². The summed E-state index contributed by atoms with van der Waals surface area (Å²) in [5.74, 6) is 0.353. The number of fused-ring (bicyclic) bond motifs is 1. The summed E-state index contributed by atoms with van der Waals surface area (Å²) >= 11 is 1.47. The van der Waals surface area contributed by atoms with Crippen LogP contribution in [-0.4, -0.2) is 28.7 Å². The Morgan fingerprint density at radius 3 is 2.61 bits per heavy atom. The number of hydrogen-bond donors (Lipinski definition) is 0. The van der Waals surface area contributed by atoms with E-state index >= 15 is 0 Å². The van der Waals surface area contributed by atoms with Crippen LogP contribution in [0.3, 0.4) is 0 Å². The molecular weight excluding hydrogens is 376 g/mol. The minimum Gasteiger partial charge on any atom is -0.494 e. The Bertz CT molecular complexity index is 1040. The number of carbonyl (C=O) groups is 1. The quantitative estimate of drug-likeness (QED) is 0.552. The number of rotatable bonds is 7. The van der Waals surface area contributed by atoms with Gasteiger partial charge in [-0.05, 0) is 44.9 Å². The van der Waals surface area contributed by atoms with Crippen molar-refractivity contribution in [2.75, 3.05) is 13.2 Å². The molecule has 7 heteroatoms. The summed E-state index contributed by atoms with van der Waals surface area (Å²) in [6, 6.07) is 6.93. The van der Waals surface area contributed by atoms with Gasteiger partial charge in [-0.15, -0.1) is 11.3 Å². The van der Waals surface area contributed by atoms with Crippen LogP contribution in [0.5, 0.6) is 5.75 Å². The van der Waals surface area contributed by atoms with E-state index in [0.717, 1.165) is 28.2 Å². The number of benzene rings is 1. The molecule has 2 heterocycles. The molecule has 0 amide bonds. The number of carbonyl (C=O) groups excluding carboxylic acids is 1. The van der Waals surface area contributed by atoms with Crippen molar-refractivity contribution in [3.63, 3.8) is 0 Å². The molecule has 3 aromatic rings. The number of hydrogen-bond acceptors (Lipinski definition) is 6. The lowest BCUT2D eigenvalue weighted by Crippen LogP contribution is -2.29. The number of ether oxygens (including phenoxy) is 2. The highest BCUT2D eigenvalue weighted by atomic mass is 32.1. The molecule has 148 valence electrons. The largest absolute Gasteiger partial charge is 0.494 e. The van der Waals surface area contributed by atoms with E-state index < -0.39 is 12.0 Å². The topological polar surface area (TPSA) is 70.4 Å². The second-order valence-corrected chi connectivity index (χ2v) is 7.67. The lowest BCUT2D eigenvalue weighted by molar-refractivity contribution is -0.147. The fourth-order valence-electron chi connectivity index (χ4n) is 3.06. The van der Waals surface area contributed by atoms with Crippen LogP contribution >= 0.6 is 11.3 Å². The van der Waals surface area contributed by atoms with E-state index in [0.29, 0.717) is 23.4 Å². The Morgan fingerprint density at radius 1 is 1.25 bits per heavy atom. The fourth-order valence-corrected chi connectivity index (χ4v) is 4.06. The molecule has 0 N–H and O–H groups in total. The SMILES string of the molecule is CCCOC(=O)[C@@H](C)n1cnc2sc(C)c(-c3ccc(OCC)cc3)c2c1=O. The van der Waals surface area contributed by atoms with Crippen molar-refractivity contribution in [2.24, 2.45) is 0 Å². The molecule has 0 fully saturated rings. The fraction of sp³-hybridized carbons (Fsp3) is 0.381. The molecule has 0 spiro atoms. The molecule has 0 aliphatic heterocycles. The van der Waals surface area contributed by atoms with Gasteiger partial charge in [-0.2, -0.15) is 0 Å². The summed E-state index contributed by atoms with van der Waals surface area (Å²) in [6.07, 6.45) is 2.16. The van der Waals surface area contributed by atoms with Gasteiger partial charge in [0.2, 0.25) is 0 Å². The average Bonchev–Trinajstić information content (AvgIpc) is 3.03. The molecular formula is C21H24N2O4S. The summed E-state index contributed by atoms with van der Waals surface area (Å²) in [5, 5.41) is 0.532. The van der Waals surface area contributed by atoms with Crippen molar-refractivity contribution in [2.45, 2.75) is 40.2 Å². The second-order valence-electron chi connectivity index (χ2n) is 6.47. The third-order valence-electron chi connectivity index (χ3n) is 4.47. The van der Waals surface area contributed by atoms with Gasteiger partial charge in [0.25, 0.3) is 5.56 Å². The van der Waals surface area contributed by atoms with Crippen LogP contribution in [0.15, 0.2) is 35.4 Å². The summed E-state index contributed by atoms with van der Waals surface area (Å²) in [6.45, 7) is 8.42. The van der Waals surface area contributed by atoms with Crippen LogP contribution in [0.1, 0.15) is 38.1 Å². The van der Waals surface area contributed by atoms with Crippen LogP contribution in [0.4, 0.5) is 0 Å². The van der Waals surface area contributed by atoms with Crippen molar-refractivity contribution in [3.8, 4) is 16.9 Å². The Morgan fingerprint density at radius 2 is 1.96 bits per heavy atom. The highest BCUT2D eigenvalue weighted by molar-refractivity contribution is 7.19. The Labute approximate surface area is 167 Å². The van der Waals surface area contributed by atoms with Crippen LogP contribution < -0.4 is 10.3 Å². The smallest absolute Gasteiger partial charge is 0.328 e. The van der Waals surface area contributed by atoms with Gasteiger partial charge in [0.15, 0.2) is 0 Å². The van der Waals surface area contributed by atoms with Gasteiger partial charge >= 0.3 is 5.97 Å². The predicted octanol–water partition coefficient (Wildman–Crippen LogP) is 4.35. The first-order valence-corrected chi connectivity index (χ1v) is 10.2. The van der Waals surface area contributed by atoms with Crippen molar-refractivity contribution in [1.29, 1.82) is 0 Å². The molecule has 28 heavy (non-hydrogen) atoms. The average molecular weight is 401 g/mol. The molecule has 0 saturated heterocycles. The van der Waals surface area contributed by atoms with Gasteiger partial charge in [0.1, 0.15) is 16.6 Å². The van der Waals surface area contributed by atoms with E-state index in [9.17, 15) is 9.59 Å². The molecule has 1 aromatic carbocycles. The van der Waals surface area contributed by atoms with Crippen LogP contribution in [0.2, 0.25) is 0 Å². The number of aryl methyl sites for hydroxylation is 1. The molecule has 3 rings (SSSR count). The van der Waals surface area contributed by atoms with E-state index in [1.807, 2.05) is 45.0 Å². The van der Waals surface area contributed by atoms with E-state index in [2.05, 4.69) is 4.98 Å². The molecule has 0 bridgehead atoms. The maximum Gasteiger partial charge on any atom is 0.328 e. The molecule has 0 saturated carbocycles. The van der Waals surface area contributed by atoms with Gasteiger partial charge in [0, 0.05) is 10.4 Å². The number of aromatic nitrogens is 2. The Balaban J connectivity index is 2.08. The molecule has 2 aromatic heterocycles. The van der Waals surface area contributed by atoms with Gasteiger partial charge < -0.3 is 9.47 Å². The summed E-state index contributed by atoms with van der Waals surface area (Å²) in [7, 11) is 0. The van der Waals surface area contributed by atoms with Crippen molar-refractivity contribution in [1.82, 2.24) is 9.55 Å². The minimum absolute atomic E-state index is 0.237. The lowest BCUT2D eigenvalue weighted by atomic mass is 10.0. The first-order valence-electron chi connectivity index (χ1n) is 9.38. The molecule has 1 atom stereocenters. The van der Waals surface area contributed by atoms with E-state index in [-0.39, 0.29) is 5.56 Å². The maximum absolute atomic E-state index is 13.2. The normalized spacial score (nSPS) is 12.1. The summed E-state index contributed by atoms with van der Waals surface area (Å²) in [5.41, 5.74) is 1.54. The van der Waals surface area contributed by atoms with Gasteiger partial charge in [-0.1, -0.05) is 19.1 Å². The maximum atomic E-state index is 13.2. The van der Waals surface area contributed by atoms with Gasteiger partial charge in [-0.3, -0.25) is 9.36 Å². The predicted molar refractivity (Wildman–Crippen MR) is 111 cm³/mol. The van der Waals surface area contributed by atoms with Crippen molar-refractivity contribution >= 4 is 27.5 Å². The van der Waals surface area contributed by atoms with E-state index in [1.165, 1.54) is 22.2 Å². The number of esters is 1. The molecule has 0 aliphatic rings. The zero-order chi connectivity index (χ0) is 20.3. The van der Waals surface area contributed by atoms with Gasteiger partial charge in [-0.25, -0.2) is 9.78 Å². The minimum atomic E-state index is -0.732. The molecule has 6 nitrogen and oxygen atoms in total. The Hall–Kier alpha value is -2.67. The highest BCUT2D eigenvalue weighted by Crippen LogP contribution is 2.36. The third kappa shape index (κ3) is 3.80. The second kappa shape index (κ2) is 8.56. The monoisotopic (exact) mass is 400 g/mol. The molecule has 0 aliphatic carbocycles. The van der Waals surface area contributed by atoms with Crippen molar-refractivity contribution < 1.29 is 14.3 Å². The standard InChI is InChI=1S/C21H24N2O4S/c1-5-11-27-21(25)13(3)23-12-22-19-18(20(23)24)17(14(4)28-19)15-7-9-16(10-8-15)26-6-2/h7-10,12-13H,5-6,11H2,1-4H3/t13-/m1/s1. The van der Waals surface area contributed by atoms with Crippen LogP contribution in [-0.2, 0) is 9.53 Å². The zero-order valence-corrected chi connectivity index (χ0v) is 17.3. The lowest BCUT2D eigenvalue weighted by Gasteiger charge is -2.14. The van der Waals surface area contributed by atoms with E-state index in [1.54, 1.807) is 6.92 Å². The van der Waals surface area contributed by atoms with Crippen molar-refractivity contribution in [3.05, 3.63) is 45.8 Å². The summed E-state index contributed by atoms with van der Waals surface area (Å²) < 4.78 is 12.0. The molecule has 0 unspecified atom stereocenters.